The molecule has 1 heteroatoms. The van der Waals surface area contributed by atoms with Crippen molar-refractivity contribution in [3.8, 4) is 0 Å². The van der Waals surface area contributed by atoms with Gasteiger partial charge in [-0.2, -0.15) is 0 Å². The Labute approximate surface area is 103 Å². The maximum atomic E-state index is 3.51. The minimum atomic E-state index is 0.337. The topological polar surface area (TPSA) is 12.0 Å². The maximum Gasteiger partial charge on any atom is 0.0485 e. The molecule has 0 heterocycles. The lowest BCUT2D eigenvalue weighted by molar-refractivity contribution is 0.884. The summed E-state index contributed by atoms with van der Waals surface area (Å²) in [6.07, 6.45) is 1.09. The highest BCUT2D eigenvalue weighted by molar-refractivity contribution is 5.46. The molecule has 17 heavy (non-hydrogen) atoms. The van der Waals surface area contributed by atoms with Crippen molar-refractivity contribution >= 4 is 5.69 Å². The Kier molecular flexibility index (Phi) is 3.81. The third-order valence-electron chi connectivity index (χ3n) is 3.04. The van der Waals surface area contributed by atoms with Crippen LogP contribution in [-0.2, 0) is 6.42 Å². The number of nitrogens with one attached hydrogen (secondary N) is 1. The molecule has 0 saturated heterocycles. The summed E-state index contributed by atoms with van der Waals surface area (Å²) in [5.41, 5.74) is 3.87. The van der Waals surface area contributed by atoms with Gasteiger partial charge >= 0.3 is 0 Å². The summed E-state index contributed by atoms with van der Waals surface area (Å²) < 4.78 is 0. The van der Waals surface area contributed by atoms with E-state index in [0.29, 0.717) is 6.04 Å². The number of hydrogen-bond donors (Lipinski definition) is 1. The highest BCUT2D eigenvalue weighted by atomic mass is 14.9. The molecule has 0 aromatic heterocycles. The van der Waals surface area contributed by atoms with E-state index >= 15 is 0 Å². The van der Waals surface area contributed by atoms with Gasteiger partial charge in [-0.25, -0.2) is 0 Å². The molecular weight excluding hydrogens is 206 g/mol. The fourth-order valence-electron chi connectivity index (χ4n) is 1.91. The van der Waals surface area contributed by atoms with E-state index in [2.05, 4.69) is 67.7 Å². The van der Waals surface area contributed by atoms with Gasteiger partial charge in [0.25, 0.3) is 0 Å². The molecule has 1 unspecified atom stereocenters. The Morgan fingerprint density at radius 2 is 1.59 bits per heavy atom. The molecule has 0 bridgehead atoms. The largest absolute Gasteiger partial charge is 0.379 e. The SMILES string of the molecule is CCc1ccc(NC(C)c2ccccc2)cc1. The Morgan fingerprint density at radius 3 is 2.18 bits per heavy atom. The van der Waals surface area contributed by atoms with Crippen LogP contribution in [0.2, 0.25) is 0 Å². The van der Waals surface area contributed by atoms with Gasteiger partial charge in [0.15, 0.2) is 0 Å². The van der Waals surface area contributed by atoms with Gasteiger partial charge in [0.05, 0.1) is 0 Å². The average molecular weight is 225 g/mol. The van der Waals surface area contributed by atoms with Crippen molar-refractivity contribution in [3.63, 3.8) is 0 Å². The Hall–Kier alpha value is -1.76. The molecule has 0 aliphatic heterocycles. The molecule has 0 aliphatic carbocycles. The van der Waals surface area contributed by atoms with Crippen molar-refractivity contribution in [2.75, 3.05) is 5.32 Å². The quantitative estimate of drug-likeness (QED) is 0.812. The fraction of sp³-hybridized carbons (Fsp3) is 0.250. The summed E-state index contributed by atoms with van der Waals surface area (Å²) >= 11 is 0. The zero-order valence-electron chi connectivity index (χ0n) is 10.5. The summed E-state index contributed by atoms with van der Waals surface area (Å²) in [4.78, 5) is 0. The summed E-state index contributed by atoms with van der Waals surface area (Å²) in [7, 11) is 0. The van der Waals surface area contributed by atoms with E-state index in [0.717, 1.165) is 6.42 Å². The normalized spacial score (nSPS) is 12.1. The van der Waals surface area contributed by atoms with Crippen LogP contribution in [0.15, 0.2) is 54.6 Å². The van der Waals surface area contributed by atoms with E-state index < -0.39 is 0 Å². The highest BCUT2D eigenvalue weighted by Gasteiger charge is 2.03. The summed E-state index contributed by atoms with van der Waals surface area (Å²) in [5.74, 6) is 0. The lowest BCUT2D eigenvalue weighted by Gasteiger charge is -2.15. The summed E-state index contributed by atoms with van der Waals surface area (Å²) in [6.45, 7) is 4.36. The minimum Gasteiger partial charge on any atom is -0.379 e. The standard InChI is InChI=1S/C16H19N/c1-3-14-9-11-16(12-10-14)17-13(2)15-7-5-4-6-8-15/h4-13,17H,3H2,1-2H3. The van der Waals surface area contributed by atoms with Crippen LogP contribution in [0, 0.1) is 0 Å². The van der Waals surface area contributed by atoms with Crippen molar-refractivity contribution in [3.05, 3.63) is 65.7 Å². The van der Waals surface area contributed by atoms with E-state index in [9.17, 15) is 0 Å². The first kappa shape index (κ1) is 11.7. The van der Waals surface area contributed by atoms with Crippen LogP contribution >= 0.6 is 0 Å². The highest BCUT2D eigenvalue weighted by Crippen LogP contribution is 2.19. The average Bonchev–Trinajstić information content (AvgIpc) is 2.40. The van der Waals surface area contributed by atoms with Gasteiger partial charge in [-0.3, -0.25) is 0 Å². The molecule has 0 spiro atoms. The van der Waals surface area contributed by atoms with Crippen LogP contribution in [0.3, 0.4) is 0 Å². The monoisotopic (exact) mass is 225 g/mol. The molecule has 88 valence electrons. The lowest BCUT2D eigenvalue weighted by Crippen LogP contribution is -2.06. The third-order valence-corrected chi connectivity index (χ3v) is 3.04. The predicted molar refractivity (Wildman–Crippen MR) is 74.3 cm³/mol. The Morgan fingerprint density at radius 1 is 0.941 bits per heavy atom. The van der Waals surface area contributed by atoms with Crippen molar-refractivity contribution in [1.29, 1.82) is 0 Å². The predicted octanol–water partition coefficient (Wildman–Crippen LogP) is 4.42. The van der Waals surface area contributed by atoms with Gasteiger partial charge < -0.3 is 5.32 Å². The molecule has 2 rings (SSSR count). The van der Waals surface area contributed by atoms with Crippen molar-refractivity contribution < 1.29 is 0 Å². The van der Waals surface area contributed by atoms with E-state index in [1.54, 1.807) is 0 Å². The summed E-state index contributed by atoms with van der Waals surface area (Å²) in [5, 5.41) is 3.51. The molecule has 0 radical (unpaired) electrons. The van der Waals surface area contributed by atoms with Gasteiger partial charge in [-0.1, -0.05) is 49.4 Å². The number of hydrogen-bond acceptors (Lipinski definition) is 1. The van der Waals surface area contributed by atoms with Crippen LogP contribution in [0.4, 0.5) is 5.69 Å². The van der Waals surface area contributed by atoms with Gasteiger partial charge in [-0.05, 0) is 36.6 Å². The Balaban J connectivity index is 2.05. The van der Waals surface area contributed by atoms with E-state index in [1.165, 1.54) is 16.8 Å². The lowest BCUT2D eigenvalue weighted by atomic mass is 10.1. The first-order chi connectivity index (χ1) is 8.29. The second-order valence-electron chi connectivity index (χ2n) is 4.33. The van der Waals surface area contributed by atoms with Gasteiger partial charge in [0.1, 0.15) is 0 Å². The van der Waals surface area contributed by atoms with E-state index in [4.69, 9.17) is 0 Å². The number of aryl methyl sites for hydroxylation is 1. The van der Waals surface area contributed by atoms with Crippen LogP contribution in [0.5, 0.6) is 0 Å². The van der Waals surface area contributed by atoms with Crippen molar-refractivity contribution in [2.45, 2.75) is 26.3 Å². The molecule has 2 aromatic rings. The van der Waals surface area contributed by atoms with Gasteiger partial charge in [0.2, 0.25) is 0 Å². The molecule has 1 nitrogen and oxygen atoms in total. The van der Waals surface area contributed by atoms with Crippen LogP contribution in [-0.4, -0.2) is 0 Å². The smallest absolute Gasteiger partial charge is 0.0485 e. The molecule has 1 atom stereocenters. The molecule has 2 aromatic carbocycles. The molecule has 1 N–H and O–H groups in total. The van der Waals surface area contributed by atoms with Crippen molar-refractivity contribution in [2.24, 2.45) is 0 Å². The second kappa shape index (κ2) is 5.53. The molecule has 0 amide bonds. The fourth-order valence-corrected chi connectivity index (χ4v) is 1.91. The van der Waals surface area contributed by atoms with Crippen LogP contribution in [0.1, 0.15) is 31.0 Å². The third kappa shape index (κ3) is 3.10. The maximum absolute atomic E-state index is 3.51. The molecule has 0 aliphatic rings. The second-order valence-corrected chi connectivity index (χ2v) is 4.33. The van der Waals surface area contributed by atoms with Gasteiger partial charge in [-0.15, -0.1) is 0 Å². The number of rotatable bonds is 4. The number of benzene rings is 2. The van der Waals surface area contributed by atoms with E-state index in [1.807, 2.05) is 6.07 Å². The van der Waals surface area contributed by atoms with Crippen LogP contribution < -0.4 is 5.32 Å². The van der Waals surface area contributed by atoms with Gasteiger partial charge in [0, 0.05) is 11.7 Å². The van der Waals surface area contributed by atoms with Crippen molar-refractivity contribution in [1.82, 2.24) is 0 Å². The minimum absolute atomic E-state index is 0.337. The zero-order valence-corrected chi connectivity index (χ0v) is 10.5. The molecular formula is C16H19N. The first-order valence-corrected chi connectivity index (χ1v) is 6.20. The molecule has 0 fully saturated rings. The first-order valence-electron chi connectivity index (χ1n) is 6.20. The van der Waals surface area contributed by atoms with E-state index in [-0.39, 0.29) is 0 Å². The molecule has 0 saturated carbocycles. The zero-order chi connectivity index (χ0) is 12.1. The number of anilines is 1. The van der Waals surface area contributed by atoms with Crippen LogP contribution in [0.25, 0.3) is 0 Å². The Bertz CT molecular complexity index is 445. The summed E-state index contributed by atoms with van der Waals surface area (Å²) in [6, 6.07) is 19.5.